The summed E-state index contributed by atoms with van der Waals surface area (Å²) in [5, 5.41) is 3.65. The molecule has 0 saturated heterocycles. The summed E-state index contributed by atoms with van der Waals surface area (Å²) in [5.74, 6) is 2.08. The Morgan fingerprint density at radius 1 is 1.11 bits per heavy atom. The summed E-state index contributed by atoms with van der Waals surface area (Å²) in [7, 11) is 4.72. The number of methoxy groups -OCH3 is 3. The maximum absolute atomic E-state index is 5.67. The lowest BCUT2D eigenvalue weighted by Crippen LogP contribution is -1.98. The standard InChI is InChI=1S/C13H16N2O4/c1-16-10-5-8(4-9-7-15-19-13(9)14)6-11(17-2)12(10)18-3/h5-7H,4,14H2,1-3H3. The molecule has 0 radical (unpaired) electrons. The highest BCUT2D eigenvalue weighted by molar-refractivity contribution is 5.55. The zero-order valence-electron chi connectivity index (χ0n) is 11.1. The Kier molecular flexibility index (Phi) is 3.79. The van der Waals surface area contributed by atoms with Crippen LogP contribution in [0.3, 0.4) is 0 Å². The van der Waals surface area contributed by atoms with E-state index in [0.29, 0.717) is 29.6 Å². The molecule has 2 aromatic rings. The van der Waals surface area contributed by atoms with Crippen LogP contribution in [0.15, 0.2) is 22.9 Å². The summed E-state index contributed by atoms with van der Waals surface area (Å²) in [6.07, 6.45) is 2.17. The van der Waals surface area contributed by atoms with Crippen molar-refractivity contribution in [2.24, 2.45) is 0 Å². The first-order valence-electron chi connectivity index (χ1n) is 5.67. The van der Waals surface area contributed by atoms with Gasteiger partial charge in [-0.3, -0.25) is 0 Å². The molecule has 6 nitrogen and oxygen atoms in total. The number of nitrogens with two attached hydrogens (primary N) is 1. The summed E-state index contributed by atoms with van der Waals surface area (Å²) in [5.41, 5.74) is 7.45. The van der Waals surface area contributed by atoms with Crippen molar-refractivity contribution in [2.45, 2.75) is 6.42 Å². The highest BCUT2D eigenvalue weighted by Crippen LogP contribution is 2.38. The normalized spacial score (nSPS) is 10.3. The Hall–Kier alpha value is -2.37. The number of nitrogen functional groups attached to an aromatic ring is 1. The van der Waals surface area contributed by atoms with Gasteiger partial charge >= 0.3 is 0 Å². The molecule has 6 heteroatoms. The molecule has 1 aromatic heterocycles. The SMILES string of the molecule is COc1cc(Cc2cnoc2N)cc(OC)c1OC. The Morgan fingerprint density at radius 2 is 1.74 bits per heavy atom. The maximum Gasteiger partial charge on any atom is 0.225 e. The van der Waals surface area contributed by atoms with Gasteiger partial charge in [0.15, 0.2) is 11.5 Å². The van der Waals surface area contributed by atoms with Crippen LogP contribution in [0.2, 0.25) is 0 Å². The number of hydrogen-bond donors (Lipinski definition) is 1. The minimum absolute atomic E-state index is 0.314. The molecule has 0 unspecified atom stereocenters. The van der Waals surface area contributed by atoms with Gasteiger partial charge in [0, 0.05) is 12.0 Å². The van der Waals surface area contributed by atoms with Crippen molar-refractivity contribution in [3.05, 3.63) is 29.5 Å². The molecular formula is C13H16N2O4. The van der Waals surface area contributed by atoms with Gasteiger partial charge in [-0.15, -0.1) is 0 Å². The van der Waals surface area contributed by atoms with E-state index >= 15 is 0 Å². The number of hydrogen-bond acceptors (Lipinski definition) is 6. The van der Waals surface area contributed by atoms with Crippen LogP contribution in [-0.2, 0) is 6.42 Å². The Morgan fingerprint density at radius 3 is 2.16 bits per heavy atom. The molecule has 2 N–H and O–H groups in total. The summed E-state index contributed by atoms with van der Waals surface area (Å²) < 4.78 is 20.7. The van der Waals surface area contributed by atoms with Crippen LogP contribution in [0.25, 0.3) is 0 Å². The molecule has 0 spiro atoms. The fourth-order valence-electron chi connectivity index (χ4n) is 1.86. The van der Waals surface area contributed by atoms with Gasteiger partial charge < -0.3 is 24.5 Å². The summed E-state index contributed by atoms with van der Waals surface area (Å²) >= 11 is 0. The van der Waals surface area contributed by atoms with Gasteiger partial charge in [0.25, 0.3) is 0 Å². The van der Waals surface area contributed by atoms with E-state index < -0.39 is 0 Å². The summed E-state index contributed by atoms with van der Waals surface area (Å²) in [6.45, 7) is 0. The Bertz CT molecular complexity index is 541. The van der Waals surface area contributed by atoms with Crippen LogP contribution >= 0.6 is 0 Å². The molecule has 2 rings (SSSR count). The van der Waals surface area contributed by atoms with E-state index in [1.807, 2.05) is 12.1 Å². The largest absolute Gasteiger partial charge is 0.493 e. The fraction of sp³-hybridized carbons (Fsp3) is 0.308. The second-order valence-electron chi connectivity index (χ2n) is 3.93. The molecule has 1 heterocycles. The zero-order chi connectivity index (χ0) is 13.8. The number of rotatable bonds is 5. The lowest BCUT2D eigenvalue weighted by atomic mass is 10.1. The number of ether oxygens (including phenoxy) is 3. The smallest absolute Gasteiger partial charge is 0.225 e. The molecule has 0 aliphatic heterocycles. The number of nitrogens with zero attached hydrogens (tertiary/aromatic N) is 1. The van der Waals surface area contributed by atoms with Crippen molar-refractivity contribution in [3.63, 3.8) is 0 Å². The molecule has 0 saturated carbocycles. The third kappa shape index (κ3) is 2.57. The van der Waals surface area contributed by atoms with E-state index in [-0.39, 0.29) is 0 Å². The van der Waals surface area contributed by atoms with Crippen molar-refractivity contribution in [2.75, 3.05) is 27.1 Å². The summed E-state index contributed by atoms with van der Waals surface area (Å²) in [4.78, 5) is 0. The van der Waals surface area contributed by atoms with E-state index in [2.05, 4.69) is 5.16 Å². The lowest BCUT2D eigenvalue weighted by molar-refractivity contribution is 0.324. The van der Waals surface area contributed by atoms with Crippen LogP contribution in [0.5, 0.6) is 17.2 Å². The van der Waals surface area contributed by atoms with Gasteiger partial charge in [0.2, 0.25) is 11.6 Å². The van der Waals surface area contributed by atoms with Gasteiger partial charge in [-0.1, -0.05) is 5.16 Å². The van der Waals surface area contributed by atoms with Gasteiger partial charge in [-0.2, -0.15) is 0 Å². The van der Waals surface area contributed by atoms with E-state index in [1.54, 1.807) is 27.5 Å². The number of aromatic nitrogens is 1. The van der Waals surface area contributed by atoms with Crippen LogP contribution < -0.4 is 19.9 Å². The molecule has 0 aliphatic rings. The van der Waals surface area contributed by atoms with E-state index in [9.17, 15) is 0 Å². The summed E-state index contributed by atoms with van der Waals surface area (Å²) in [6, 6.07) is 3.74. The minimum atomic E-state index is 0.314. The molecule has 0 fully saturated rings. The van der Waals surface area contributed by atoms with Crippen LogP contribution in [0.4, 0.5) is 5.88 Å². The van der Waals surface area contributed by atoms with E-state index in [4.69, 9.17) is 24.5 Å². The predicted molar refractivity (Wildman–Crippen MR) is 69.8 cm³/mol. The average molecular weight is 264 g/mol. The maximum atomic E-state index is 5.67. The highest BCUT2D eigenvalue weighted by Gasteiger charge is 2.14. The van der Waals surface area contributed by atoms with Gasteiger partial charge in [-0.25, -0.2) is 0 Å². The van der Waals surface area contributed by atoms with Gasteiger partial charge in [0.05, 0.1) is 27.5 Å². The first kappa shape index (κ1) is 13.1. The quantitative estimate of drug-likeness (QED) is 0.888. The second-order valence-corrected chi connectivity index (χ2v) is 3.93. The number of anilines is 1. The molecule has 102 valence electrons. The van der Waals surface area contributed by atoms with Crippen molar-refractivity contribution in [1.29, 1.82) is 0 Å². The first-order valence-corrected chi connectivity index (χ1v) is 5.67. The van der Waals surface area contributed by atoms with E-state index in [1.165, 1.54) is 0 Å². The van der Waals surface area contributed by atoms with Crippen molar-refractivity contribution in [3.8, 4) is 17.2 Å². The molecule has 0 amide bonds. The van der Waals surface area contributed by atoms with Crippen molar-refractivity contribution in [1.82, 2.24) is 5.16 Å². The third-order valence-electron chi connectivity index (χ3n) is 2.80. The Labute approximate surface area is 111 Å². The zero-order valence-corrected chi connectivity index (χ0v) is 11.1. The van der Waals surface area contributed by atoms with E-state index in [0.717, 1.165) is 11.1 Å². The van der Waals surface area contributed by atoms with Gasteiger partial charge in [0.1, 0.15) is 0 Å². The lowest BCUT2D eigenvalue weighted by Gasteiger charge is -2.13. The van der Waals surface area contributed by atoms with Crippen molar-refractivity contribution >= 4 is 5.88 Å². The molecule has 19 heavy (non-hydrogen) atoms. The monoisotopic (exact) mass is 264 g/mol. The van der Waals surface area contributed by atoms with Crippen LogP contribution in [0.1, 0.15) is 11.1 Å². The Balaban J connectivity index is 2.39. The van der Waals surface area contributed by atoms with Crippen molar-refractivity contribution < 1.29 is 18.7 Å². The molecule has 0 atom stereocenters. The fourth-order valence-corrected chi connectivity index (χ4v) is 1.86. The number of benzene rings is 1. The molecular weight excluding hydrogens is 248 g/mol. The molecule has 0 bridgehead atoms. The average Bonchev–Trinajstić information content (AvgIpc) is 2.83. The third-order valence-corrected chi connectivity index (χ3v) is 2.80. The molecule has 1 aromatic carbocycles. The highest BCUT2D eigenvalue weighted by atomic mass is 16.5. The van der Waals surface area contributed by atoms with Crippen LogP contribution in [0, 0.1) is 0 Å². The first-order chi connectivity index (χ1) is 9.19. The van der Waals surface area contributed by atoms with Crippen LogP contribution in [-0.4, -0.2) is 26.5 Å². The second kappa shape index (κ2) is 5.51. The molecule has 0 aliphatic carbocycles. The topological polar surface area (TPSA) is 79.7 Å². The minimum Gasteiger partial charge on any atom is -0.493 e. The van der Waals surface area contributed by atoms with Gasteiger partial charge in [-0.05, 0) is 17.7 Å². The predicted octanol–water partition coefficient (Wildman–Crippen LogP) is 1.87.